The molecule has 0 aromatic carbocycles. The molecule has 12 heavy (non-hydrogen) atoms. The van der Waals surface area contributed by atoms with Crippen molar-refractivity contribution in [2.45, 2.75) is 26.2 Å². The minimum absolute atomic E-state index is 0.619. The van der Waals surface area contributed by atoms with Crippen LogP contribution >= 0.6 is 0 Å². The Bertz CT molecular complexity index is 177. The molecule has 5 nitrogen and oxygen atoms in total. The van der Waals surface area contributed by atoms with Gasteiger partial charge in [0.05, 0.1) is 0 Å². The highest BCUT2D eigenvalue weighted by atomic mass is 16.7. The fourth-order valence-electron chi connectivity index (χ4n) is 0.385. The van der Waals surface area contributed by atoms with E-state index in [1.807, 2.05) is 0 Å². The molecule has 0 aromatic heterocycles. The zero-order chi connectivity index (χ0) is 9.72. The van der Waals surface area contributed by atoms with Crippen molar-refractivity contribution in [2.24, 2.45) is 0 Å². The van der Waals surface area contributed by atoms with Crippen molar-refractivity contribution in [3.8, 4) is 0 Å². The summed E-state index contributed by atoms with van der Waals surface area (Å²) in [6, 6.07) is 0. The van der Waals surface area contributed by atoms with Crippen LogP contribution in [0.15, 0.2) is 0 Å². The van der Waals surface area contributed by atoms with E-state index in [2.05, 4.69) is 9.47 Å². The van der Waals surface area contributed by atoms with Gasteiger partial charge in [-0.3, -0.25) is 4.79 Å². The van der Waals surface area contributed by atoms with Crippen molar-refractivity contribution in [3.63, 3.8) is 0 Å². The average Bonchev–Trinajstić information content (AvgIpc) is 2.02. The summed E-state index contributed by atoms with van der Waals surface area (Å²) in [5, 5.41) is 8.79. The first-order valence-electron chi connectivity index (χ1n) is 3.40. The molecule has 0 saturated carbocycles. The van der Waals surface area contributed by atoms with E-state index in [1.165, 1.54) is 14.0 Å². The number of hydrogen-bond acceptors (Lipinski definition) is 5. The third-order valence-electron chi connectivity index (χ3n) is 1.26. The van der Waals surface area contributed by atoms with Gasteiger partial charge < -0.3 is 14.6 Å². The molecule has 0 aliphatic rings. The first-order chi connectivity index (χ1) is 5.49. The number of Topliss-reactive ketones (excluding diaryl/α,β-unsaturated/α-hetero) is 1. The van der Waals surface area contributed by atoms with E-state index in [-0.39, 0.29) is 0 Å². The minimum Gasteiger partial charge on any atom is -0.426 e. The van der Waals surface area contributed by atoms with Crippen LogP contribution in [0.25, 0.3) is 0 Å². The second-order valence-corrected chi connectivity index (χ2v) is 2.28. The number of rotatable bonds is 4. The van der Waals surface area contributed by atoms with Gasteiger partial charge in [-0.2, -0.15) is 0 Å². The Morgan fingerprint density at radius 3 is 2.25 bits per heavy atom. The fourth-order valence-corrected chi connectivity index (χ4v) is 0.385. The molecule has 5 heteroatoms. The van der Waals surface area contributed by atoms with Gasteiger partial charge in [-0.1, -0.05) is 0 Å². The van der Waals surface area contributed by atoms with Gasteiger partial charge in [-0.15, -0.1) is 0 Å². The zero-order valence-corrected chi connectivity index (χ0v) is 7.23. The third-order valence-corrected chi connectivity index (χ3v) is 1.26. The van der Waals surface area contributed by atoms with Crippen LogP contribution in [0.5, 0.6) is 0 Å². The molecule has 0 amide bonds. The lowest BCUT2D eigenvalue weighted by Gasteiger charge is -2.12. The van der Waals surface area contributed by atoms with Crippen molar-refractivity contribution in [1.82, 2.24) is 0 Å². The zero-order valence-electron chi connectivity index (χ0n) is 7.23. The molecule has 2 unspecified atom stereocenters. The van der Waals surface area contributed by atoms with Crippen molar-refractivity contribution >= 4 is 11.8 Å². The van der Waals surface area contributed by atoms with Gasteiger partial charge in [0.15, 0.2) is 11.9 Å². The molecule has 2 atom stereocenters. The Morgan fingerprint density at radius 2 is 1.92 bits per heavy atom. The Labute approximate surface area is 70.3 Å². The van der Waals surface area contributed by atoms with Crippen LogP contribution in [0, 0.1) is 0 Å². The normalized spacial score (nSPS) is 15.0. The minimum atomic E-state index is -1.69. The lowest BCUT2D eigenvalue weighted by molar-refractivity contribution is -0.182. The maximum Gasteiger partial charge on any atom is 0.337 e. The Balaban J connectivity index is 3.92. The van der Waals surface area contributed by atoms with Crippen LogP contribution in [-0.4, -0.2) is 36.4 Å². The van der Waals surface area contributed by atoms with E-state index in [0.29, 0.717) is 0 Å². The highest BCUT2D eigenvalue weighted by Crippen LogP contribution is 1.96. The molecule has 0 spiro atoms. The molecule has 0 bridgehead atoms. The summed E-state index contributed by atoms with van der Waals surface area (Å²) in [6.07, 6.45) is -2.46. The van der Waals surface area contributed by atoms with Crippen LogP contribution in [0.2, 0.25) is 0 Å². The first kappa shape index (κ1) is 11.1. The highest BCUT2D eigenvalue weighted by molar-refractivity contribution is 5.83. The molecule has 0 aliphatic carbocycles. The monoisotopic (exact) mass is 176 g/mol. The molecule has 0 heterocycles. The quantitative estimate of drug-likeness (QED) is 0.460. The fraction of sp³-hybridized carbons (Fsp3) is 0.714. The number of carbonyl (C=O) groups excluding carboxylic acids is 2. The molecule has 70 valence electrons. The van der Waals surface area contributed by atoms with E-state index in [4.69, 9.17) is 5.11 Å². The molecule has 0 saturated heterocycles. The van der Waals surface area contributed by atoms with E-state index in [9.17, 15) is 9.59 Å². The first-order valence-corrected chi connectivity index (χ1v) is 3.40. The number of carbonyl (C=O) groups is 2. The molecule has 0 radical (unpaired) electrons. The number of hydrogen-bond donors (Lipinski definition) is 1. The van der Waals surface area contributed by atoms with E-state index < -0.39 is 24.1 Å². The second-order valence-electron chi connectivity index (χ2n) is 2.28. The lowest BCUT2D eigenvalue weighted by atomic mass is 10.4. The van der Waals surface area contributed by atoms with Crippen molar-refractivity contribution in [3.05, 3.63) is 0 Å². The molecular formula is C7H12O5. The highest BCUT2D eigenvalue weighted by Gasteiger charge is 2.20. The molecular weight excluding hydrogens is 164 g/mol. The molecule has 0 aromatic rings. The maximum absolute atomic E-state index is 10.8. The van der Waals surface area contributed by atoms with Gasteiger partial charge in [0.25, 0.3) is 6.29 Å². The van der Waals surface area contributed by atoms with E-state index in [1.54, 1.807) is 0 Å². The van der Waals surface area contributed by atoms with E-state index in [0.717, 1.165) is 6.92 Å². The van der Waals surface area contributed by atoms with Gasteiger partial charge in [0.1, 0.15) is 0 Å². The summed E-state index contributed by atoms with van der Waals surface area (Å²) in [5.74, 6) is -1.38. The van der Waals surface area contributed by atoms with Gasteiger partial charge in [0.2, 0.25) is 0 Å². The number of aliphatic hydroxyl groups is 1. The second kappa shape index (κ2) is 4.84. The summed E-state index contributed by atoms with van der Waals surface area (Å²) in [5.41, 5.74) is 0. The topological polar surface area (TPSA) is 72.8 Å². The molecule has 0 fully saturated rings. The predicted octanol–water partition coefficient (Wildman–Crippen LogP) is -0.528. The lowest BCUT2D eigenvalue weighted by Crippen LogP contribution is -2.30. The summed E-state index contributed by atoms with van der Waals surface area (Å²) < 4.78 is 8.90. The number of aliphatic hydroxyl groups excluding tert-OH is 1. The van der Waals surface area contributed by atoms with Gasteiger partial charge in [-0.05, 0) is 6.92 Å². The standard InChI is InChI=1S/C7H12O5/c1-4(8)6(9)12-7(10)5(2)11-3/h5-6,9H,1-3H3. The molecule has 0 aliphatic heterocycles. The summed E-state index contributed by atoms with van der Waals surface area (Å²) >= 11 is 0. The van der Waals surface area contributed by atoms with Gasteiger partial charge in [-0.25, -0.2) is 4.79 Å². The number of esters is 1. The molecule has 0 rings (SSSR count). The van der Waals surface area contributed by atoms with Crippen LogP contribution in [0.4, 0.5) is 0 Å². The number of methoxy groups -OCH3 is 1. The predicted molar refractivity (Wildman–Crippen MR) is 39.3 cm³/mol. The Kier molecular flexibility index (Phi) is 4.46. The van der Waals surface area contributed by atoms with Gasteiger partial charge >= 0.3 is 5.97 Å². The van der Waals surface area contributed by atoms with Gasteiger partial charge in [0, 0.05) is 14.0 Å². The number of ketones is 1. The third kappa shape index (κ3) is 3.45. The van der Waals surface area contributed by atoms with Crippen LogP contribution < -0.4 is 0 Å². The van der Waals surface area contributed by atoms with Crippen molar-refractivity contribution in [2.75, 3.05) is 7.11 Å². The van der Waals surface area contributed by atoms with Crippen molar-refractivity contribution in [1.29, 1.82) is 0 Å². The maximum atomic E-state index is 10.8. The molecule has 1 N–H and O–H groups in total. The largest absolute Gasteiger partial charge is 0.426 e. The summed E-state index contributed by atoms with van der Waals surface area (Å²) in [7, 11) is 1.33. The van der Waals surface area contributed by atoms with Crippen LogP contribution in [-0.2, 0) is 19.1 Å². The summed E-state index contributed by atoms with van der Waals surface area (Å²) in [6.45, 7) is 2.57. The van der Waals surface area contributed by atoms with Crippen molar-refractivity contribution < 1.29 is 24.2 Å². The Hall–Kier alpha value is -0.940. The summed E-state index contributed by atoms with van der Waals surface area (Å²) in [4.78, 5) is 21.3. The average molecular weight is 176 g/mol. The smallest absolute Gasteiger partial charge is 0.337 e. The van der Waals surface area contributed by atoms with E-state index >= 15 is 0 Å². The SMILES string of the molecule is COC(C)C(=O)OC(O)C(C)=O. The Morgan fingerprint density at radius 1 is 1.42 bits per heavy atom. The number of ether oxygens (including phenoxy) is 2. The van der Waals surface area contributed by atoms with Crippen LogP contribution in [0.1, 0.15) is 13.8 Å². The van der Waals surface area contributed by atoms with Crippen LogP contribution in [0.3, 0.4) is 0 Å².